The number of carbonyl (C=O) groups is 5. The number of aromatic nitrogens is 2. The van der Waals surface area contributed by atoms with Gasteiger partial charge in [-0.25, -0.2) is 14.6 Å². The normalized spacial score (nSPS) is 12.0. The third-order valence-corrected chi connectivity index (χ3v) is 8.65. The Hall–Kier alpha value is -5.92. The van der Waals surface area contributed by atoms with Crippen molar-refractivity contribution in [3.8, 4) is 22.4 Å². The van der Waals surface area contributed by atoms with E-state index < -0.39 is 18.2 Å². The Labute approximate surface area is 303 Å². The molecule has 1 aromatic heterocycles. The molecule has 4 N–H and O–H groups in total. The van der Waals surface area contributed by atoms with Gasteiger partial charge in [0.2, 0.25) is 17.7 Å². The number of anilines is 1. The van der Waals surface area contributed by atoms with Gasteiger partial charge in [-0.05, 0) is 72.4 Å². The van der Waals surface area contributed by atoms with Crippen LogP contribution in [0.5, 0.6) is 0 Å². The summed E-state index contributed by atoms with van der Waals surface area (Å²) in [6.07, 6.45) is 1.76. The topological polar surface area (TPSA) is 175 Å². The molecule has 14 nitrogen and oxygen atoms in total. The van der Waals surface area contributed by atoms with Crippen LogP contribution in [0.2, 0.25) is 0 Å². The zero-order chi connectivity index (χ0) is 37.8. The quantitative estimate of drug-likeness (QED) is 0.125. The van der Waals surface area contributed by atoms with E-state index in [2.05, 4.69) is 41.5 Å². The average molecular weight is 714 g/mol. The van der Waals surface area contributed by atoms with Gasteiger partial charge in [0.25, 0.3) is 0 Å². The van der Waals surface area contributed by atoms with E-state index in [9.17, 15) is 24.0 Å². The van der Waals surface area contributed by atoms with Crippen LogP contribution in [0.3, 0.4) is 0 Å². The number of carbonyl (C=O) groups excluding carboxylic acids is 5. The third kappa shape index (κ3) is 9.86. The first-order valence-corrected chi connectivity index (χ1v) is 17.2. The number of alkyl carbamates (subject to hydrolysis) is 2. The highest BCUT2D eigenvalue weighted by Gasteiger charge is 2.26. The van der Waals surface area contributed by atoms with Gasteiger partial charge in [0.15, 0.2) is 0 Å². The maximum absolute atomic E-state index is 13.1. The fraction of sp³-hybridized carbons (Fsp3) is 0.368. The highest BCUT2D eigenvalue weighted by Crippen LogP contribution is 2.29. The highest BCUT2D eigenvalue weighted by atomic mass is 16.5. The van der Waals surface area contributed by atoms with E-state index >= 15 is 0 Å². The summed E-state index contributed by atoms with van der Waals surface area (Å²) in [7, 11) is 2.47. The predicted octanol–water partition coefficient (Wildman–Crippen LogP) is 5.47. The van der Waals surface area contributed by atoms with Gasteiger partial charge < -0.3 is 40.2 Å². The van der Waals surface area contributed by atoms with Crippen molar-refractivity contribution in [2.45, 2.75) is 52.6 Å². The van der Waals surface area contributed by atoms with Gasteiger partial charge >= 0.3 is 12.2 Å². The summed E-state index contributed by atoms with van der Waals surface area (Å²) in [4.78, 5) is 72.7. The molecule has 0 fully saturated rings. The molecule has 0 aliphatic heterocycles. The molecular formula is C38H47N7O7. The lowest BCUT2D eigenvalue weighted by Gasteiger charge is -2.28. The predicted molar refractivity (Wildman–Crippen MR) is 198 cm³/mol. The molecule has 2 unspecified atom stereocenters. The van der Waals surface area contributed by atoms with Crippen molar-refractivity contribution >= 4 is 46.4 Å². The smallest absolute Gasteiger partial charge is 0.407 e. The van der Waals surface area contributed by atoms with Crippen LogP contribution in [0.25, 0.3) is 33.2 Å². The Kier molecular flexibility index (Phi) is 13.7. The van der Waals surface area contributed by atoms with Crippen LogP contribution in [0.1, 0.15) is 52.4 Å². The van der Waals surface area contributed by atoms with Crippen molar-refractivity contribution in [3.05, 3.63) is 72.7 Å². The number of amides is 5. The van der Waals surface area contributed by atoms with Crippen LogP contribution in [0, 0.1) is 0 Å². The molecule has 0 spiro atoms. The minimum absolute atomic E-state index is 0.168. The fourth-order valence-electron chi connectivity index (χ4n) is 5.77. The van der Waals surface area contributed by atoms with Gasteiger partial charge in [0.1, 0.15) is 25.0 Å². The molecule has 0 aliphatic carbocycles. The molecule has 276 valence electrons. The standard InChI is InChI=1S/C38H47N7O7/c1-7-17-44(33(46)22-40-37(49)51-5)24(3)35-39-21-32(43-35)27-11-9-26(10-12-27)28-13-14-30-20-31(16-15-29(30)19-28)42-36(48)25(4)45(18-8-2)34(47)23-41-38(50)52-6/h9-16,19-21,24-25H,7-8,17-18,22-23H2,1-6H3,(H,39,43)(H,40,49)(H,41,50)(H,42,48). The molecule has 14 heteroatoms. The van der Waals surface area contributed by atoms with Gasteiger partial charge in [0.05, 0.1) is 32.2 Å². The first-order chi connectivity index (χ1) is 25.0. The molecule has 0 saturated heterocycles. The van der Waals surface area contributed by atoms with E-state index in [1.165, 1.54) is 19.1 Å². The number of nitrogens with one attached hydrogen (secondary N) is 4. The molecule has 0 bridgehead atoms. The van der Waals surface area contributed by atoms with Crippen LogP contribution in [0.15, 0.2) is 66.9 Å². The van der Waals surface area contributed by atoms with Crippen LogP contribution >= 0.6 is 0 Å². The monoisotopic (exact) mass is 713 g/mol. The Morgan fingerprint density at radius 2 is 1.27 bits per heavy atom. The minimum Gasteiger partial charge on any atom is -0.453 e. The van der Waals surface area contributed by atoms with E-state index in [1.807, 2.05) is 75.4 Å². The van der Waals surface area contributed by atoms with E-state index in [1.54, 1.807) is 18.0 Å². The summed E-state index contributed by atoms with van der Waals surface area (Å²) in [5.41, 5.74) is 4.39. The molecule has 1 heterocycles. The van der Waals surface area contributed by atoms with Crippen molar-refractivity contribution in [2.75, 3.05) is 45.7 Å². The van der Waals surface area contributed by atoms with Crippen LogP contribution in [0.4, 0.5) is 15.3 Å². The van der Waals surface area contributed by atoms with Gasteiger partial charge in [-0.2, -0.15) is 0 Å². The van der Waals surface area contributed by atoms with Crippen molar-refractivity contribution in [3.63, 3.8) is 0 Å². The summed E-state index contributed by atoms with van der Waals surface area (Å²) in [5, 5.41) is 9.66. The van der Waals surface area contributed by atoms with Crippen molar-refractivity contribution in [2.24, 2.45) is 0 Å². The molecule has 5 amide bonds. The summed E-state index contributed by atoms with van der Waals surface area (Å²) in [6.45, 7) is 7.88. The number of fused-ring (bicyclic) bond motifs is 1. The maximum atomic E-state index is 13.1. The SMILES string of the molecule is CCCN(C(=O)CNC(=O)OC)C(C)C(=O)Nc1ccc2cc(-c3ccc(-c4cnc(C(C)N(CCC)C(=O)CNC(=O)OC)[nH]4)cc3)ccc2c1. The zero-order valence-electron chi connectivity index (χ0n) is 30.4. The molecule has 4 aromatic rings. The van der Waals surface area contributed by atoms with Gasteiger partial charge in [0, 0.05) is 18.8 Å². The average Bonchev–Trinajstić information content (AvgIpc) is 3.66. The fourth-order valence-corrected chi connectivity index (χ4v) is 5.77. The molecule has 3 aromatic carbocycles. The number of imidazole rings is 1. The highest BCUT2D eigenvalue weighted by molar-refractivity contribution is 5.99. The second-order valence-corrected chi connectivity index (χ2v) is 12.2. The van der Waals surface area contributed by atoms with Gasteiger partial charge in [-0.3, -0.25) is 14.4 Å². The first-order valence-electron chi connectivity index (χ1n) is 17.2. The number of hydrogen-bond acceptors (Lipinski definition) is 8. The van der Waals surface area contributed by atoms with E-state index in [0.29, 0.717) is 31.0 Å². The Morgan fingerprint density at radius 1 is 0.731 bits per heavy atom. The van der Waals surface area contributed by atoms with E-state index in [-0.39, 0.29) is 36.9 Å². The number of hydrogen-bond donors (Lipinski definition) is 4. The van der Waals surface area contributed by atoms with Crippen LogP contribution in [-0.2, 0) is 23.9 Å². The Balaban J connectivity index is 1.42. The maximum Gasteiger partial charge on any atom is 0.407 e. The largest absolute Gasteiger partial charge is 0.453 e. The summed E-state index contributed by atoms with van der Waals surface area (Å²) in [6, 6.07) is 18.7. The molecule has 4 rings (SSSR count). The molecule has 0 saturated carbocycles. The third-order valence-electron chi connectivity index (χ3n) is 8.65. The summed E-state index contributed by atoms with van der Waals surface area (Å²) < 4.78 is 9.10. The van der Waals surface area contributed by atoms with Crippen LogP contribution < -0.4 is 16.0 Å². The lowest BCUT2D eigenvalue weighted by molar-refractivity contribution is -0.137. The lowest BCUT2D eigenvalue weighted by atomic mass is 9.99. The number of ether oxygens (including phenoxy) is 2. The van der Waals surface area contributed by atoms with Gasteiger partial charge in [-0.15, -0.1) is 0 Å². The lowest BCUT2D eigenvalue weighted by Crippen LogP contribution is -2.49. The van der Waals surface area contributed by atoms with Crippen molar-refractivity contribution < 1.29 is 33.4 Å². The number of rotatable bonds is 15. The molecule has 52 heavy (non-hydrogen) atoms. The Morgan fingerprint density at radius 3 is 1.88 bits per heavy atom. The number of aromatic amines is 1. The molecule has 0 aliphatic rings. The minimum atomic E-state index is -0.758. The van der Waals surface area contributed by atoms with Crippen molar-refractivity contribution in [1.82, 2.24) is 30.4 Å². The molecule has 0 radical (unpaired) electrons. The Bertz CT molecular complexity index is 1880. The summed E-state index contributed by atoms with van der Waals surface area (Å²) >= 11 is 0. The molecule has 2 atom stereocenters. The second-order valence-electron chi connectivity index (χ2n) is 12.2. The number of benzene rings is 3. The summed E-state index contributed by atoms with van der Waals surface area (Å²) in [5.74, 6) is -0.316. The zero-order valence-corrected chi connectivity index (χ0v) is 30.4. The van der Waals surface area contributed by atoms with Crippen LogP contribution in [-0.4, -0.2) is 96.1 Å². The van der Waals surface area contributed by atoms with E-state index in [0.717, 1.165) is 39.6 Å². The molecular weight excluding hydrogens is 666 g/mol. The van der Waals surface area contributed by atoms with E-state index in [4.69, 9.17) is 0 Å². The second kappa shape index (κ2) is 18.4. The number of methoxy groups -OCH3 is 2. The van der Waals surface area contributed by atoms with Crippen molar-refractivity contribution in [1.29, 1.82) is 0 Å². The number of H-pyrrole nitrogens is 1. The first kappa shape index (κ1) is 38.9. The number of nitrogens with zero attached hydrogens (tertiary/aromatic N) is 3. The van der Waals surface area contributed by atoms with Gasteiger partial charge in [-0.1, -0.05) is 56.3 Å².